The van der Waals surface area contributed by atoms with Gasteiger partial charge in [-0.1, -0.05) is 13.8 Å². The second kappa shape index (κ2) is 8.78. The Bertz CT molecular complexity index is 1170. The van der Waals surface area contributed by atoms with Gasteiger partial charge < -0.3 is 15.5 Å². The average Bonchev–Trinajstić information content (AvgIpc) is 3.09. The first-order valence-electron chi connectivity index (χ1n) is 10.5. The van der Waals surface area contributed by atoms with Gasteiger partial charge in [0.25, 0.3) is 5.91 Å². The molecule has 1 atom stereocenters. The van der Waals surface area contributed by atoms with Crippen LogP contribution in [0.25, 0.3) is 10.2 Å². The van der Waals surface area contributed by atoms with Gasteiger partial charge in [-0.2, -0.15) is 0 Å². The van der Waals surface area contributed by atoms with Crippen molar-refractivity contribution in [1.82, 2.24) is 25.2 Å². The van der Waals surface area contributed by atoms with E-state index in [1.165, 1.54) is 17.4 Å². The van der Waals surface area contributed by atoms with Crippen LogP contribution >= 0.6 is 11.3 Å². The second-order valence-electron chi connectivity index (χ2n) is 8.34. The molecule has 0 bridgehead atoms. The highest BCUT2D eigenvalue weighted by molar-refractivity contribution is 7.19. The molecule has 32 heavy (non-hydrogen) atoms. The van der Waals surface area contributed by atoms with E-state index in [2.05, 4.69) is 25.6 Å². The highest BCUT2D eigenvalue weighted by Gasteiger charge is 2.34. The molecule has 0 aliphatic carbocycles. The molecule has 1 saturated heterocycles. The summed E-state index contributed by atoms with van der Waals surface area (Å²) in [4.78, 5) is 40.7. The number of pyridine rings is 1. The summed E-state index contributed by atoms with van der Waals surface area (Å²) in [5, 5.41) is 6.09. The van der Waals surface area contributed by atoms with Crippen molar-refractivity contribution in [2.45, 2.75) is 39.8 Å². The van der Waals surface area contributed by atoms with Crippen molar-refractivity contribution in [3.8, 4) is 0 Å². The fourth-order valence-corrected chi connectivity index (χ4v) is 4.39. The number of hydrogen-bond donors (Lipinski definition) is 2. The van der Waals surface area contributed by atoms with Crippen LogP contribution in [0.5, 0.6) is 0 Å². The van der Waals surface area contributed by atoms with Crippen molar-refractivity contribution < 1.29 is 14.0 Å². The highest BCUT2D eigenvalue weighted by Crippen LogP contribution is 2.30. The summed E-state index contributed by atoms with van der Waals surface area (Å²) < 4.78 is 14.3. The summed E-state index contributed by atoms with van der Waals surface area (Å²) in [6, 6.07) is 2.96. The Hall–Kier alpha value is -3.14. The molecule has 1 aliphatic heterocycles. The van der Waals surface area contributed by atoms with Gasteiger partial charge in [0.2, 0.25) is 11.9 Å². The fraction of sp³-hybridized carbons (Fsp3) is 0.409. The maximum Gasteiger partial charge on any atom is 0.274 e. The maximum atomic E-state index is 13.5. The first kappa shape index (κ1) is 22.1. The molecule has 2 N–H and O–H groups in total. The van der Waals surface area contributed by atoms with Gasteiger partial charge in [-0.15, -0.1) is 11.3 Å². The zero-order valence-electron chi connectivity index (χ0n) is 18.3. The standard InChI is InChI=1S/C22H25FN6O2S/c1-11(2)20(30)26-16-9-29(10-16)21(31)18-19-17(5-12(3)32-19)27-22(28-18)25-13(4)14-6-15(23)8-24-7-14/h5-8,11,13,16H,9-10H2,1-4H3,(H,26,30)(H,25,27,28). The largest absolute Gasteiger partial charge is 0.350 e. The van der Waals surface area contributed by atoms with Crippen LogP contribution in [0.4, 0.5) is 10.3 Å². The number of aryl methyl sites for hydroxylation is 1. The van der Waals surface area contributed by atoms with Crippen LogP contribution in [0, 0.1) is 18.7 Å². The quantitative estimate of drug-likeness (QED) is 0.590. The molecule has 4 rings (SSSR count). The summed E-state index contributed by atoms with van der Waals surface area (Å²) in [5.74, 6) is -0.446. The van der Waals surface area contributed by atoms with Crippen molar-refractivity contribution in [1.29, 1.82) is 0 Å². The number of anilines is 1. The predicted molar refractivity (Wildman–Crippen MR) is 121 cm³/mol. The van der Waals surface area contributed by atoms with Crippen LogP contribution in [0.1, 0.15) is 47.7 Å². The van der Waals surface area contributed by atoms with E-state index in [9.17, 15) is 14.0 Å². The zero-order valence-corrected chi connectivity index (χ0v) is 19.2. The van der Waals surface area contributed by atoms with Crippen molar-refractivity contribution in [3.05, 3.63) is 46.5 Å². The lowest BCUT2D eigenvalue weighted by Crippen LogP contribution is -2.61. The summed E-state index contributed by atoms with van der Waals surface area (Å²) in [6.07, 6.45) is 2.72. The number of hydrogen-bond acceptors (Lipinski definition) is 7. The average molecular weight is 457 g/mol. The van der Waals surface area contributed by atoms with Gasteiger partial charge >= 0.3 is 0 Å². The fourth-order valence-electron chi connectivity index (χ4n) is 3.45. The van der Waals surface area contributed by atoms with E-state index in [1.54, 1.807) is 11.1 Å². The number of carbonyl (C=O) groups excluding carboxylic acids is 2. The molecule has 0 radical (unpaired) electrons. The van der Waals surface area contributed by atoms with Crippen LogP contribution in [0.2, 0.25) is 0 Å². The zero-order chi connectivity index (χ0) is 23.0. The first-order chi connectivity index (χ1) is 15.2. The number of rotatable bonds is 6. The van der Waals surface area contributed by atoms with Crippen molar-refractivity contribution in [3.63, 3.8) is 0 Å². The van der Waals surface area contributed by atoms with Gasteiger partial charge in [0, 0.05) is 30.1 Å². The van der Waals surface area contributed by atoms with Crippen molar-refractivity contribution >= 4 is 39.3 Å². The molecule has 4 heterocycles. The monoisotopic (exact) mass is 456 g/mol. The number of likely N-dealkylation sites (tertiary alicyclic amines) is 1. The number of nitrogens with zero attached hydrogens (tertiary/aromatic N) is 4. The molecule has 2 amide bonds. The maximum absolute atomic E-state index is 13.5. The lowest BCUT2D eigenvalue weighted by Gasteiger charge is -2.39. The van der Waals surface area contributed by atoms with Gasteiger partial charge in [0.05, 0.1) is 28.5 Å². The number of halogens is 1. The molecule has 8 nitrogen and oxygen atoms in total. The van der Waals surface area contributed by atoms with E-state index in [0.29, 0.717) is 35.8 Å². The van der Waals surface area contributed by atoms with Crippen LogP contribution < -0.4 is 10.6 Å². The third-order valence-electron chi connectivity index (χ3n) is 5.31. The molecule has 1 aliphatic rings. The van der Waals surface area contributed by atoms with E-state index in [1.807, 2.05) is 33.8 Å². The summed E-state index contributed by atoms with van der Waals surface area (Å²) in [5.41, 5.74) is 1.66. The Labute approximate surface area is 189 Å². The molecule has 0 aromatic carbocycles. The lowest BCUT2D eigenvalue weighted by atomic mass is 10.1. The molecule has 3 aromatic rings. The lowest BCUT2D eigenvalue weighted by molar-refractivity contribution is -0.125. The van der Waals surface area contributed by atoms with Crippen LogP contribution in [0.15, 0.2) is 24.5 Å². The minimum Gasteiger partial charge on any atom is -0.350 e. The molecule has 1 fully saturated rings. The molecular weight excluding hydrogens is 431 g/mol. The minimum atomic E-state index is -0.422. The summed E-state index contributed by atoms with van der Waals surface area (Å²) in [6.45, 7) is 8.37. The minimum absolute atomic E-state index is 0.0206. The van der Waals surface area contributed by atoms with Crippen LogP contribution in [-0.4, -0.2) is 50.8 Å². The number of carbonyl (C=O) groups is 2. The van der Waals surface area contributed by atoms with Gasteiger partial charge in [0.15, 0.2) is 5.69 Å². The van der Waals surface area contributed by atoms with Gasteiger partial charge in [-0.25, -0.2) is 14.4 Å². The molecule has 168 valence electrons. The van der Waals surface area contributed by atoms with Gasteiger partial charge in [-0.05, 0) is 31.5 Å². The van der Waals surface area contributed by atoms with Crippen LogP contribution in [0.3, 0.4) is 0 Å². The first-order valence-corrected chi connectivity index (χ1v) is 11.3. The SMILES string of the molecule is Cc1cc2nc(NC(C)c3cncc(F)c3)nc(C(=O)N3CC(NC(=O)C(C)C)C3)c2s1. The topological polar surface area (TPSA) is 100 Å². The number of aromatic nitrogens is 3. The molecule has 3 aromatic heterocycles. The number of nitrogens with one attached hydrogen (secondary N) is 2. The van der Waals surface area contributed by atoms with E-state index < -0.39 is 5.82 Å². The van der Waals surface area contributed by atoms with E-state index in [-0.39, 0.29) is 29.8 Å². The Kier molecular flexibility index (Phi) is 6.05. The highest BCUT2D eigenvalue weighted by atomic mass is 32.1. The molecule has 0 saturated carbocycles. The van der Waals surface area contributed by atoms with E-state index in [0.717, 1.165) is 15.8 Å². The van der Waals surface area contributed by atoms with Crippen molar-refractivity contribution in [2.24, 2.45) is 5.92 Å². The van der Waals surface area contributed by atoms with E-state index in [4.69, 9.17) is 0 Å². The summed E-state index contributed by atoms with van der Waals surface area (Å²) in [7, 11) is 0. The molecule has 0 spiro atoms. The predicted octanol–water partition coefficient (Wildman–Crippen LogP) is 3.30. The summed E-state index contributed by atoms with van der Waals surface area (Å²) >= 11 is 1.47. The van der Waals surface area contributed by atoms with Crippen molar-refractivity contribution in [2.75, 3.05) is 18.4 Å². The van der Waals surface area contributed by atoms with Gasteiger partial charge in [0.1, 0.15) is 5.82 Å². The normalized spacial score (nSPS) is 15.0. The number of thiophene rings is 1. The number of amides is 2. The third-order valence-corrected chi connectivity index (χ3v) is 6.35. The van der Waals surface area contributed by atoms with Gasteiger partial charge in [-0.3, -0.25) is 14.6 Å². The Balaban J connectivity index is 1.55. The Morgan fingerprint density at radius 1 is 1.19 bits per heavy atom. The Morgan fingerprint density at radius 3 is 2.62 bits per heavy atom. The van der Waals surface area contributed by atoms with E-state index >= 15 is 0 Å². The molecular formula is C22H25FN6O2S. The molecule has 1 unspecified atom stereocenters. The molecule has 10 heteroatoms. The number of fused-ring (bicyclic) bond motifs is 1. The third kappa shape index (κ3) is 4.55. The van der Waals surface area contributed by atoms with Crippen LogP contribution in [-0.2, 0) is 4.79 Å². The smallest absolute Gasteiger partial charge is 0.274 e. The second-order valence-corrected chi connectivity index (χ2v) is 9.60. The Morgan fingerprint density at radius 2 is 1.94 bits per heavy atom.